The summed E-state index contributed by atoms with van der Waals surface area (Å²) in [7, 11) is 0. The monoisotopic (exact) mass is 324 g/mol. The molecule has 0 radical (unpaired) electrons. The van der Waals surface area contributed by atoms with Crippen LogP contribution in [0, 0.1) is 5.92 Å². The molecule has 23 heavy (non-hydrogen) atoms. The smallest absolute Gasteiger partial charge is 0.262 e. The molecule has 0 aromatic carbocycles. The average Bonchev–Trinajstić information content (AvgIpc) is 2.82. The van der Waals surface area contributed by atoms with Crippen LogP contribution in [-0.2, 0) is 23.9 Å². The molecule has 0 aliphatic carbocycles. The minimum atomic E-state index is -0.581. The molecule has 0 atom stereocenters. The van der Waals surface area contributed by atoms with Gasteiger partial charge in [0.05, 0.1) is 6.61 Å². The summed E-state index contributed by atoms with van der Waals surface area (Å²) in [5.74, 6) is -1.13. The third kappa shape index (κ3) is 8.06. The normalized spacial score (nSPS) is 13.5. The Morgan fingerprint density at radius 3 is 2.22 bits per heavy atom. The highest BCUT2D eigenvalue weighted by molar-refractivity contribution is 6.19. The number of nitrogens with zero attached hydrogens (tertiary/aromatic N) is 1. The van der Waals surface area contributed by atoms with Crippen LogP contribution < -0.4 is 5.32 Å². The van der Waals surface area contributed by atoms with E-state index in [1.54, 1.807) is 0 Å². The first kappa shape index (κ1) is 20.7. The van der Waals surface area contributed by atoms with Gasteiger partial charge in [0, 0.05) is 18.4 Å². The molecule has 1 aliphatic heterocycles. The van der Waals surface area contributed by atoms with Gasteiger partial charge in [0.2, 0.25) is 17.7 Å². The Hall–Kier alpha value is -2.28. The van der Waals surface area contributed by atoms with Crippen LogP contribution in [0.5, 0.6) is 0 Å². The van der Waals surface area contributed by atoms with Crippen molar-refractivity contribution in [1.82, 2.24) is 10.2 Å². The fourth-order valence-electron chi connectivity index (χ4n) is 1.48. The van der Waals surface area contributed by atoms with Crippen molar-refractivity contribution in [2.24, 2.45) is 5.92 Å². The fraction of sp³-hybridized carbons (Fsp3) is 0.500. The molecule has 1 aliphatic rings. The molecular weight excluding hydrogens is 300 g/mol. The largest absolute Gasteiger partial charge is 0.361 e. The van der Waals surface area contributed by atoms with Crippen LogP contribution >= 0.6 is 0 Å². The van der Waals surface area contributed by atoms with Gasteiger partial charge in [-0.15, -0.1) is 0 Å². The lowest BCUT2D eigenvalue weighted by atomic mass is 10.2. The first-order valence-electron chi connectivity index (χ1n) is 7.24. The molecule has 0 spiro atoms. The molecule has 0 aromatic heterocycles. The molecule has 0 unspecified atom stereocenters. The van der Waals surface area contributed by atoms with Crippen molar-refractivity contribution in [1.29, 1.82) is 0 Å². The minimum absolute atomic E-state index is 0.137. The van der Waals surface area contributed by atoms with Gasteiger partial charge in [0.25, 0.3) is 5.91 Å². The fourth-order valence-corrected chi connectivity index (χ4v) is 1.48. The summed E-state index contributed by atoms with van der Waals surface area (Å²) in [6.45, 7) is 13.2. The lowest BCUT2D eigenvalue weighted by Gasteiger charge is -2.10. The Labute approximate surface area is 136 Å². The Balaban J connectivity index is 0.000000423. The zero-order chi connectivity index (χ0) is 18.0. The summed E-state index contributed by atoms with van der Waals surface area (Å²) in [6, 6.07) is 0. The summed E-state index contributed by atoms with van der Waals surface area (Å²) in [6.07, 6.45) is 1.49. The summed E-state index contributed by atoms with van der Waals surface area (Å²) < 4.78 is 5.09. The number of carbonyl (C=O) groups excluding carboxylic acids is 4. The molecule has 7 nitrogen and oxygen atoms in total. The number of imide groups is 3. The third-order valence-corrected chi connectivity index (χ3v) is 2.60. The van der Waals surface area contributed by atoms with Crippen LogP contribution in [-0.4, -0.2) is 41.9 Å². The zero-order valence-electron chi connectivity index (χ0n) is 13.9. The van der Waals surface area contributed by atoms with Gasteiger partial charge in [-0.1, -0.05) is 27.0 Å². The molecule has 0 saturated carbocycles. The van der Waals surface area contributed by atoms with E-state index in [2.05, 4.69) is 32.3 Å². The number of amides is 4. The highest BCUT2D eigenvalue weighted by Crippen LogP contribution is 2.13. The SMILES string of the molecule is C=C(C)C(=O)N1C(=O)CCC1=O.C=CC(=O)NCOCC(C)C. The summed E-state index contributed by atoms with van der Waals surface area (Å²) in [5.41, 5.74) is 0.207. The van der Waals surface area contributed by atoms with Crippen LogP contribution in [0.2, 0.25) is 0 Å². The Bertz CT molecular complexity index is 481. The predicted molar refractivity (Wildman–Crippen MR) is 84.9 cm³/mol. The number of carbonyl (C=O) groups is 4. The van der Waals surface area contributed by atoms with E-state index in [0.717, 1.165) is 0 Å². The molecule has 1 N–H and O–H groups in total. The molecule has 0 bridgehead atoms. The quantitative estimate of drug-likeness (QED) is 0.342. The number of hydrogen-bond donors (Lipinski definition) is 1. The molecule has 7 heteroatoms. The second kappa shape index (κ2) is 10.4. The van der Waals surface area contributed by atoms with Crippen molar-refractivity contribution in [3.8, 4) is 0 Å². The number of hydrogen-bond acceptors (Lipinski definition) is 5. The van der Waals surface area contributed by atoms with E-state index in [9.17, 15) is 19.2 Å². The summed E-state index contributed by atoms with van der Waals surface area (Å²) in [5, 5.41) is 2.51. The molecule has 128 valence electrons. The second-order valence-electron chi connectivity index (χ2n) is 5.36. The van der Waals surface area contributed by atoms with Crippen molar-refractivity contribution >= 4 is 23.6 Å². The topological polar surface area (TPSA) is 92.8 Å². The molecule has 4 amide bonds. The van der Waals surface area contributed by atoms with Crippen molar-refractivity contribution in [3.05, 3.63) is 24.8 Å². The Morgan fingerprint density at radius 1 is 1.30 bits per heavy atom. The van der Waals surface area contributed by atoms with E-state index in [0.29, 0.717) is 17.4 Å². The predicted octanol–water partition coefficient (Wildman–Crippen LogP) is 1.16. The second-order valence-corrected chi connectivity index (χ2v) is 5.36. The highest BCUT2D eigenvalue weighted by atomic mass is 16.5. The average molecular weight is 324 g/mol. The van der Waals surface area contributed by atoms with Crippen LogP contribution in [0.4, 0.5) is 0 Å². The number of likely N-dealkylation sites (tertiary alicyclic amines) is 1. The Morgan fingerprint density at radius 2 is 1.83 bits per heavy atom. The zero-order valence-corrected chi connectivity index (χ0v) is 13.9. The van der Waals surface area contributed by atoms with Crippen molar-refractivity contribution in [3.63, 3.8) is 0 Å². The van der Waals surface area contributed by atoms with Gasteiger partial charge in [0.1, 0.15) is 6.73 Å². The van der Waals surface area contributed by atoms with E-state index >= 15 is 0 Å². The molecular formula is C16H24N2O5. The number of nitrogens with one attached hydrogen (secondary N) is 1. The van der Waals surface area contributed by atoms with Crippen molar-refractivity contribution < 1.29 is 23.9 Å². The van der Waals surface area contributed by atoms with E-state index in [4.69, 9.17) is 4.74 Å². The standard InChI is InChI=1S/C8H9NO3.C8H15NO2/c1-5(2)8(12)9-6(10)3-4-7(9)11;1-4-8(10)9-6-11-5-7(2)3/h1,3-4H2,2H3;4,7H,1,5-6H2,2-3H3,(H,9,10). The maximum Gasteiger partial charge on any atom is 0.262 e. The molecule has 1 rings (SSSR count). The van der Waals surface area contributed by atoms with Gasteiger partial charge in [-0.3, -0.25) is 19.2 Å². The van der Waals surface area contributed by atoms with Gasteiger partial charge >= 0.3 is 0 Å². The van der Waals surface area contributed by atoms with Gasteiger partial charge < -0.3 is 10.1 Å². The molecule has 1 heterocycles. The summed E-state index contributed by atoms with van der Waals surface area (Å²) >= 11 is 0. The maximum atomic E-state index is 11.2. The van der Waals surface area contributed by atoms with Crippen molar-refractivity contribution in [2.45, 2.75) is 33.6 Å². The molecule has 1 fully saturated rings. The van der Waals surface area contributed by atoms with E-state index < -0.39 is 17.7 Å². The minimum Gasteiger partial charge on any atom is -0.361 e. The van der Waals surface area contributed by atoms with E-state index in [-0.39, 0.29) is 31.1 Å². The molecule has 0 aromatic rings. The lowest BCUT2D eigenvalue weighted by molar-refractivity contribution is -0.147. The first-order valence-corrected chi connectivity index (χ1v) is 7.24. The van der Waals surface area contributed by atoms with Gasteiger partial charge in [-0.2, -0.15) is 0 Å². The van der Waals surface area contributed by atoms with E-state index in [1.807, 2.05) is 0 Å². The van der Waals surface area contributed by atoms with Crippen LogP contribution in [0.25, 0.3) is 0 Å². The highest BCUT2D eigenvalue weighted by Gasteiger charge is 2.34. The Kier molecular flexibility index (Phi) is 9.41. The molecule has 1 saturated heterocycles. The summed E-state index contributed by atoms with van der Waals surface area (Å²) in [4.78, 5) is 44.3. The number of ether oxygens (including phenoxy) is 1. The van der Waals surface area contributed by atoms with Gasteiger partial charge in [-0.25, -0.2) is 4.90 Å². The lowest BCUT2D eigenvalue weighted by Crippen LogP contribution is -2.35. The van der Waals surface area contributed by atoms with E-state index in [1.165, 1.54) is 13.0 Å². The van der Waals surface area contributed by atoms with Crippen LogP contribution in [0.1, 0.15) is 33.6 Å². The van der Waals surface area contributed by atoms with Gasteiger partial charge in [-0.05, 0) is 18.9 Å². The third-order valence-electron chi connectivity index (χ3n) is 2.60. The van der Waals surface area contributed by atoms with Crippen LogP contribution in [0.15, 0.2) is 24.8 Å². The maximum absolute atomic E-state index is 11.2. The number of rotatable bonds is 6. The van der Waals surface area contributed by atoms with Gasteiger partial charge in [0.15, 0.2) is 0 Å². The van der Waals surface area contributed by atoms with Crippen LogP contribution in [0.3, 0.4) is 0 Å². The van der Waals surface area contributed by atoms with Crippen molar-refractivity contribution in [2.75, 3.05) is 13.3 Å². The first-order chi connectivity index (χ1) is 10.7.